The van der Waals surface area contributed by atoms with Gasteiger partial charge >= 0.3 is 0 Å². The van der Waals surface area contributed by atoms with Crippen LogP contribution >= 0.6 is 0 Å². The van der Waals surface area contributed by atoms with Crippen LogP contribution in [0.15, 0.2) is 4.52 Å². The van der Waals surface area contributed by atoms with Gasteiger partial charge in [0.15, 0.2) is 5.82 Å². The predicted octanol–water partition coefficient (Wildman–Crippen LogP) is 3.20. The molecule has 0 saturated heterocycles. The van der Waals surface area contributed by atoms with E-state index in [2.05, 4.69) is 44.8 Å². The van der Waals surface area contributed by atoms with Crippen LogP contribution in [0.5, 0.6) is 0 Å². The van der Waals surface area contributed by atoms with Crippen LogP contribution < -0.4 is 0 Å². The van der Waals surface area contributed by atoms with E-state index in [9.17, 15) is 4.79 Å². The van der Waals surface area contributed by atoms with Crippen LogP contribution in [0.1, 0.15) is 52.8 Å². The lowest BCUT2D eigenvalue weighted by atomic mass is 9.71. The normalized spacial score (nSPS) is 13.9. The molecule has 0 saturated carbocycles. The highest BCUT2D eigenvalue weighted by Gasteiger charge is 2.33. The number of aromatic nitrogens is 2. The van der Waals surface area contributed by atoms with Gasteiger partial charge in [-0.2, -0.15) is 4.98 Å². The molecule has 18 heavy (non-hydrogen) atoms. The summed E-state index contributed by atoms with van der Waals surface area (Å²) in [5, 5.41) is 3.73. The molecule has 1 heterocycles. The van der Waals surface area contributed by atoms with Gasteiger partial charge in [0.1, 0.15) is 5.78 Å². The van der Waals surface area contributed by atoms with Gasteiger partial charge in [0, 0.05) is 18.8 Å². The van der Waals surface area contributed by atoms with E-state index in [1.165, 1.54) is 0 Å². The van der Waals surface area contributed by atoms with Crippen LogP contribution in [0.4, 0.5) is 0 Å². The Morgan fingerprint density at radius 1 is 1.33 bits per heavy atom. The second-order valence-corrected chi connectivity index (χ2v) is 6.29. The van der Waals surface area contributed by atoms with Crippen molar-refractivity contribution < 1.29 is 9.32 Å². The Labute approximate surface area is 109 Å². The average Bonchev–Trinajstić information content (AvgIpc) is 2.58. The Morgan fingerprint density at radius 3 is 2.33 bits per heavy atom. The molecule has 1 unspecified atom stereocenters. The second kappa shape index (κ2) is 5.63. The standard InChI is InChI=1S/C14H24N2O2/c1-9(2)13(14(4,5)6)11(17)7-8-12-15-10(3)16-18-12/h9,13H,7-8H2,1-6H3. The van der Waals surface area contributed by atoms with Gasteiger partial charge in [-0.05, 0) is 18.3 Å². The zero-order chi connectivity index (χ0) is 13.9. The molecule has 0 bridgehead atoms. The van der Waals surface area contributed by atoms with Gasteiger partial charge in [-0.3, -0.25) is 4.79 Å². The summed E-state index contributed by atoms with van der Waals surface area (Å²) in [6.45, 7) is 12.3. The molecule has 0 spiro atoms. The minimum atomic E-state index is -0.00396. The summed E-state index contributed by atoms with van der Waals surface area (Å²) in [7, 11) is 0. The van der Waals surface area contributed by atoms with E-state index in [0.717, 1.165) is 0 Å². The van der Waals surface area contributed by atoms with Crippen molar-refractivity contribution in [2.24, 2.45) is 17.3 Å². The first-order valence-electron chi connectivity index (χ1n) is 6.53. The monoisotopic (exact) mass is 252 g/mol. The zero-order valence-electron chi connectivity index (χ0n) is 12.3. The van der Waals surface area contributed by atoms with Gasteiger partial charge in [-0.1, -0.05) is 39.8 Å². The van der Waals surface area contributed by atoms with Crippen molar-refractivity contribution >= 4 is 5.78 Å². The number of aryl methyl sites for hydroxylation is 2. The maximum Gasteiger partial charge on any atom is 0.227 e. The van der Waals surface area contributed by atoms with E-state index in [-0.39, 0.29) is 17.1 Å². The molecule has 102 valence electrons. The van der Waals surface area contributed by atoms with Gasteiger partial charge in [0.25, 0.3) is 0 Å². The molecule has 0 aliphatic carbocycles. The summed E-state index contributed by atoms with van der Waals surface area (Å²) in [5.41, 5.74) is -0.00396. The third kappa shape index (κ3) is 3.93. The summed E-state index contributed by atoms with van der Waals surface area (Å²) in [4.78, 5) is 16.4. The largest absolute Gasteiger partial charge is 0.339 e. The predicted molar refractivity (Wildman–Crippen MR) is 70.1 cm³/mol. The molecule has 4 nitrogen and oxygen atoms in total. The Hall–Kier alpha value is -1.19. The number of carbonyl (C=O) groups excluding carboxylic acids is 1. The molecule has 0 aliphatic rings. The van der Waals surface area contributed by atoms with Crippen LogP contribution in [0.3, 0.4) is 0 Å². The third-order valence-corrected chi connectivity index (χ3v) is 3.10. The lowest BCUT2D eigenvalue weighted by Crippen LogP contribution is -2.33. The number of hydrogen-bond acceptors (Lipinski definition) is 4. The summed E-state index contributed by atoms with van der Waals surface area (Å²) >= 11 is 0. The maximum atomic E-state index is 12.3. The lowest BCUT2D eigenvalue weighted by Gasteiger charge is -2.32. The second-order valence-electron chi connectivity index (χ2n) is 6.29. The molecule has 0 aromatic carbocycles. The molecule has 0 N–H and O–H groups in total. The van der Waals surface area contributed by atoms with Crippen molar-refractivity contribution in [3.63, 3.8) is 0 Å². The first kappa shape index (κ1) is 14.9. The highest BCUT2D eigenvalue weighted by atomic mass is 16.5. The van der Waals surface area contributed by atoms with Gasteiger partial charge in [-0.25, -0.2) is 0 Å². The van der Waals surface area contributed by atoms with Gasteiger partial charge in [0.05, 0.1) is 0 Å². The Morgan fingerprint density at radius 2 is 1.94 bits per heavy atom. The van der Waals surface area contributed by atoms with Gasteiger partial charge in [0.2, 0.25) is 5.89 Å². The molecular weight excluding hydrogens is 228 g/mol. The zero-order valence-corrected chi connectivity index (χ0v) is 12.3. The number of Topliss-reactive ketones (excluding diaryl/α,β-unsaturated/α-hetero) is 1. The Bertz CT molecular complexity index is 402. The molecule has 4 heteroatoms. The minimum Gasteiger partial charge on any atom is -0.339 e. The summed E-state index contributed by atoms with van der Waals surface area (Å²) in [5.74, 6) is 1.88. The van der Waals surface area contributed by atoms with E-state index in [0.29, 0.717) is 30.5 Å². The van der Waals surface area contributed by atoms with Crippen molar-refractivity contribution in [1.29, 1.82) is 0 Å². The fourth-order valence-electron chi connectivity index (χ4n) is 2.68. The average molecular weight is 252 g/mol. The molecule has 1 rings (SSSR count). The van der Waals surface area contributed by atoms with Crippen molar-refractivity contribution in [3.8, 4) is 0 Å². The first-order chi connectivity index (χ1) is 8.21. The van der Waals surface area contributed by atoms with Gasteiger partial charge in [-0.15, -0.1) is 0 Å². The smallest absolute Gasteiger partial charge is 0.227 e. The molecule has 1 aromatic heterocycles. The Kier molecular flexibility index (Phi) is 4.65. The van der Waals surface area contributed by atoms with E-state index < -0.39 is 0 Å². The van der Waals surface area contributed by atoms with Crippen LogP contribution in [0.25, 0.3) is 0 Å². The number of carbonyl (C=O) groups is 1. The Balaban J connectivity index is 2.63. The van der Waals surface area contributed by atoms with E-state index in [4.69, 9.17) is 4.52 Å². The van der Waals surface area contributed by atoms with E-state index in [1.807, 2.05) is 0 Å². The van der Waals surface area contributed by atoms with Crippen LogP contribution in [-0.4, -0.2) is 15.9 Å². The SMILES string of the molecule is Cc1noc(CCC(=O)C(C(C)C)C(C)(C)C)n1. The molecule has 1 atom stereocenters. The van der Waals surface area contributed by atoms with Crippen LogP contribution in [0, 0.1) is 24.2 Å². The van der Waals surface area contributed by atoms with Crippen LogP contribution in [-0.2, 0) is 11.2 Å². The lowest BCUT2D eigenvalue weighted by molar-refractivity contribution is -0.128. The molecular formula is C14H24N2O2. The molecule has 0 radical (unpaired) electrons. The molecule has 1 aromatic rings. The highest BCUT2D eigenvalue weighted by molar-refractivity contribution is 5.82. The van der Waals surface area contributed by atoms with Crippen LogP contribution in [0.2, 0.25) is 0 Å². The number of ketones is 1. The number of nitrogens with zero attached hydrogens (tertiary/aromatic N) is 2. The minimum absolute atomic E-state index is 0.00396. The van der Waals surface area contributed by atoms with E-state index >= 15 is 0 Å². The van der Waals surface area contributed by atoms with Crippen molar-refractivity contribution in [2.45, 2.75) is 54.4 Å². The van der Waals surface area contributed by atoms with Gasteiger partial charge < -0.3 is 4.52 Å². The third-order valence-electron chi connectivity index (χ3n) is 3.10. The number of rotatable bonds is 5. The van der Waals surface area contributed by atoms with Crippen molar-refractivity contribution in [2.75, 3.05) is 0 Å². The quantitative estimate of drug-likeness (QED) is 0.807. The topological polar surface area (TPSA) is 56.0 Å². The molecule has 0 amide bonds. The fourth-order valence-corrected chi connectivity index (χ4v) is 2.68. The summed E-state index contributed by atoms with van der Waals surface area (Å²) < 4.78 is 5.03. The van der Waals surface area contributed by atoms with E-state index in [1.54, 1.807) is 6.92 Å². The first-order valence-corrected chi connectivity index (χ1v) is 6.53. The highest BCUT2D eigenvalue weighted by Crippen LogP contribution is 2.33. The number of hydrogen-bond donors (Lipinski definition) is 0. The summed E-state index contributed by atoms with van der Waals surface area (Å²) in [6, 6.07) is 0. The van der Waals surface area contributed by atoms with Crippen molar-refractivity contribution in [1.82, 2.24) is 10.1 Å². The van der Waals surface area contributed by atoms with Crippen molar-refractivity contribution in [3.05, 3.63) is 11.7 Å². The maximum absolute atomic E-state index is 12.3. The molecule has 0 fully saturated rings. The molecule has 0 aliphatic heterocycles. The fraction of sp³-hybridized carbons (Fsp3) is 0.786. The summed E-state index contributed by atoms with van der Waals surface area (Å²) in [6.07, 6.45) is 1.01.